The largest absolute Gasteiger partial charge is 0.503 e. The van der Waals surface area contributed by atoms with Crippen LogP contribution >= 0.6 is 0 Å². The second-order valence-electron chi connectivity index (χ2n) is 5.78. The van der Waals surface area contributed by atoms with E-state index in [1.54, 1.807) is 12.3 Å². The van der Waals surface area contributed by atoms with Crippen molar-refractivity contribution in [2.45, 2.75) is 33.5 Å². The van der Waals surface area contributed by atoms with Gasteiger partial charge >= 0.3 is 0 Å². The van der Waals surface area contributed by atoms with Gasteiger partial charge in [-0.2, -0.15) is 0 Å². The molecular formula is C17H20N2O2. The summed E-state index contributed by atoms with van der Waals surface area (Å²) in [4.78, 5) is 13.9. The maximum absolute atomic E-state index is 11.6. The number of aromatic hydroxyl groups is 1. The van der Waals surface area contributed by atoms with Crippen molar-refractivity contribution < 1.29 is 5.11 Å². The maximum atomic E-state index is 11.6. The molecule has 110 valence electrons. The molecule has 0 amide bonds. The van der Waals surface area contributed by atoms with E-state index in [0.29, 0.717) is 0 Å². The Bertz CT molecular complexity index is 734. The number of fused-ring (bicyclic) bond motifs is 1. The molecule has 0 saturated heterocycles. The molecule has 0 radical (unpaired) electrons. The van der Waals surface area contributed by atoms with Gasteiger partial charge in [0.15, 0.2) is 5.75 Å². The van der Waals surface area contributed by atoms with E-state index < -0.39 is 0 Å². The molecule has 2 aromatic rings. The molecule has 4 heteroatoms. The Hall–Kier alpha value is -2.07. The molecule has 1 aromatic heterocycles. The quantitative estimate of drug-likeness (QED) is 0.919. The molecular weight excluding hydrogens is 264 g/mol. The number of benzene rings is 1. The van der Waals surface area contributed by atoms with Crippen molar-refractivity contribution in [3.8, 4) is 5.75 Å². The molecule has 21 heavy (non-hydrogen) atoms. The predicted octanol–water partition coefficient (Wildman–Crippen LogP) is 2.19. The highest BCUT2D eigenvalue weighted by Crippen LogP contribution is 2.19. The average molecular weight is 284 g/mol. The summed E-state index contributed by atoms with van der Waals surface area (Å²) in [6.07, 6.45) is 1.55. The van der Waals surface area contributed by atoms with Crippen LogP contribution in [0, 0.1) is 13.8 Å². The minimum absolute atomic E-state index is 0.165. The topological polar surface area (TPSA) is 45.5 Å². The van der Waals surface area contributed by atoms with Gasteiger partial charge in [0.05, 0.1) is 6.20 Å². The van der Waals surface area contributed by atoms with Crippen LogP contribution in [0.3, 0.4) is 0 Å². The van der Waals surface area contributed by atoms with Crippen LogP contribution in [-0.4, -0.2) is 21.1 Å². The Morgan fingerprint density at radius 3 is 2.86 bits per heavy atom. The second-order valence-corrected chi connectivity index (χ2v) is 5.78. The van der Waals surface area contributed by atoms with Crippen molar-refractivity contribution >= 4 is 0 Å². The third-order valence-electron chi connectivity index (χ3n) is 4.35. The monoisotopic (exact) mass is 284 g/mol. The fourth-order valence-corrected chi connectivity index (χ4v) is 2.86. The zero-order chi connectivity index (χ0) is 15.0. The van der Waals surface area contributed by atoms with Gasteiger partial charge in [-0.3, -0.25) is 9.69 Å². The van der Waals surface area contributed by atoms with Gasteiger partial charge in [0.1, 0.15) is 0 Å². The zero-order valence-electron chi connectivity index (χ0n) is 12.5. The first-order valence-electron chi connectivity index (χ1n) is 7.24. The Morgan fingerprint density at radius 2 is 2.05 bits per heavy atom. The number of rotatable bonds is 2. The second kappa shape index (κ2) is 5.37. The molecule has 1 aromatic carbocycles. The van der Waals surface area contributed by atoms with Gasteiger partial charge in [-0.15, -0.1) is 0 Å². The summed E-state index contributed by atoms with van der Waals surface area (Å²) >= 11 is 0. The summed E-state index contributed by atoms with van der Waals surface area (Å²) in [7, 11) is 0. The highest BCUT2D eigenvalue weighted by molar-refractivity contribution is 5.33. The molecule has 0 unspecified atom stereocenters. The molecule has 1 N–H and O–H groups in total. The van der Waals surface area contributed by atoms with Gasteiger partial charge in [0.2, 0.25) is 5.43 Å². The van der Waals surface area contributed by atoms with Gasteiger partial charge in [0, 0.05) is 37.9 Å². The van der Waals surface area contributed by atoms with Crippen LogP contribution in [0.2, 0.25) is 0 Å². The van der Waals surface area contributed by atoms with Crippen LogP contribution in [0.1, 0.15) is 22.4 Å². The lowest BCUT2D eigenvalue weighted by Crippen LogP contribution is -2.34. The van der Waals surface area contributed by atoms with Crippen LogP contribution in [-0.2, 0) is 19.6 Å². The number of aryl methyl sites for hydroxylation is 1. The summed E-state index contributed by atoms with van der Waals surface area (Å²) in [6, 6.07) is 7.94. The average Bonchev–Trinajstić information content (AvgIpc) is 2.45. The predicted molar refractivity (Wildman–Crippen MR) is 82.4 cm³/mol. The van der Waals surface area contributed by atoms with Gasteiger partial charge in [-0.1, -0.05) is 18.2 Å². The number of hydrogen-bond donors (Lipinski definition) is 1. The third kappa shape index (κ3) is 2.72. The van der Waals surface area contributed by atoms with E-state index in [1.807, 2.05) is 4.57 Å². The van der Waals surface area contributed by atoms with E-state index in [2.05, 4.69) is 36.9 Å². The summed E-state index contributed by atoms with van der Waals surface area (Å²) in [5.74, 6) is -0.165. The number of nitrogens with zero attached hydrogens (tertiary/aromatic N) is 2. The minimum Gasteiger partial charge on any atom is -0.503 e. The molecule has 0 fully saturated rings. The van der Waals surface area contributed by atoms with E-state index in [0.717, 1.165) is 31.9 Å². The molecule has 1 aliphatic rings. The van der Waals surface area contributed by atoms with Crippen molar-refractivity contribution in [3.63, 3.8) is 0 Å². The van der Waals surface area contributed by atoms with E-state index in [1.165, 1.54) is 16.7 Å². The molecule has 0 spiro atoms. The smallest absolute Gasteiger partial charge is 0.223 e. The maximum Gasteiger partial charge on any atom is 0.223 e. The first-order chi connectivity index (χ1) is 10.0. The lowest BCUT2D eigenvalue weighted by Gasteiger charge is -2.30. The molecule has 3 rings (SSSR count). The lowest BCUT2D eigenvalue weighted by molar-refractivity contribution is 0.209. The van der Waals surface area contributed by atoms with Crippen molar-refractivity contribution in [1.29, 1.82) is 0 Å². The first kappa shape index (κ1) is 13.9. The molecule has 0 saturated carbocycles. The van der Waals surface area contributed by atoms with Crippen molar-refractivity contribution in [3.05, 3.63) is 63.1 Å². The van der Waals surface area contributed by atoms with Gasteiger partial charge < -0.3 is 9.67 Å². The SMILES string of the molecule is Cc1cccc(CN2CCn3cc(O)c(=O)cc3C2)c1C. The van der Waals surface area contributed by atoms with Crippen molar-refractivity contribution in [2.24, 2.45) is 0 Å². The fourth-order valence-electron chi connectivity index (χ4n) is 2.86. The minimum atomic E-state index is -0.296. The van der Waals surface area contributed by atoms with E-state index in [-0.39, 0.29) is 11.2 Å². The normalized spacial score (nSPS) is 15.0. The third-order valence-corrected chi connectivity index (χ3v) is 4.35. The first-order valence-corrected chi connectivity index (χ1v) is 7.24. The van der Waals surface area contributed by atoms with Crippen LogP contribution in [0.25, 0.3) is 0 Å². The van der Waals surface area contributed by atoms with Crippen LogP contribution in [0.15, 0.2) is 35.3 Å². The molecule has 0 bridgehead atoms. The fraction of sp³-hybridized carbons (Fsp3) is 0.353. The Kier molecular flexibility index (Phi) is 3.55. The number of pyridine rings is 1. The van der Waals surface area contributed by atoms with Crippen LogP contribution in [0.5, 0.6) is 5.75 Å². The Balaban J connectivity index is 1.82. The van der Waals surface area contributed by atoms with Gasteiger partial charge in [-0.05, 0) is 30.5 Å². The summed E-state index contributed by atoms with van der Waals surface area (Å²) < 4.78 is 1.97. The Labute approximate surface area is 124 Å². The summed E-state index contributed by atoms with van der Waals surface area (Å²) in [6.45, 7) is 7.64. The standard InChI is InChI=1S/C17H20N2O2/c1-12-4-3-5-14(13(12)2)9-18-6-7-19-11-17(21)16(20)8-15(19)10-18/h3-5,8,11,21H,6-7,9-10H2,1-2H3. The molecule has 0 aliphatic carbocycles. The number of aromatic nitrogens is 1. The van der Waals surface area contributed by atoms with Gasteiger partial charge in [-0.25, -0.2) is 0 Å². The summed E-state index contributed by atoms with van der Waals surface area (Å²) in [5, 5.41) is 9.50. The summed E-state index contributed by atoms with van der Waals surface area (Å²) in [5.41, 5.74) is 4.66. The lowest BCUT2D eigenvalue weighted by atomic mass is 10.0. The van der Waals surface area contributed by atoms with E-state index >= 15 is 0 Å². The van der Waals surface area contributed by atoms with Crippen LogP contribution < -0.4 is 5.43 Å². The molecule has 0 atom stereocenters. The van der Waals surface area contributed by atoms with E-state index in [9.17, 15) is 9.90 Å². The highest BCUT2D eigenvalue weighted by atomic mass is 16.3. The Morgan fingerprint density at radius 1 is 1.24 bits per heavy atom. The van der Waals surface area contributed by atoms with Crippen LogP contribution in [0.4, 0.5) is 0 Å². The zero-order valence-corrected chi connectivity index (χ0v) is 12.5. The number of hydrogen-bond acceptors (Lipinski definition) is 3. The highest BCUT2D eigenvalue weighted by Gasteiger charge is 2.17. The van der Waals surface area contributed by atoms with Gasteiger partial charge in [0.25, 0.3) is 0 Å². The van der Waals surface area contributed by atoms with Crippen molar-refractivity contribution in [1.82, 2.24) is 9.47 Å². The van der Waals surface area contributed by atoms with E-state index in [4.69, 9.17) is 0 Å². The molecule has 4 nitrogen and oxygen atoms in total. The molecule has 2 heterocycles. The molecule has 1 aliphatic heterocycles. The van der Waals surface area contributed by atoms with Crippen molar-refractivity contribution in [2.75, 3.05) is 6.54 Å².